The monoisotopic (exact) mass is 323 g/mol. The van der Waals surface area contributed by atoms with Crippen molar-refractivity contribution in [2.75, 3.05) is 13.1 Å². The molecule has 1 atom stereocenters. The van der Waals surface area contributed by atoms with Crippen molar-refractivity contribution in [1.82, 2.24) is 15.2 Å². The molecule has 1 aromatic carbocycles. The van der Waals surface area contributed by atoms with E-state index in [9.17, 15) is 4.79 Å². The highest BCUT2D eigenvalue weighted by molar-refractivity contribution is 5.94. The van der Waals surface area contributed by atoms with Crippen LogP contribution in [-0.2, 0) is 6.54 Å². The molecule has 0 aliphatic carbocycles. The molecule has 1 saturated heterocycles. The van der Waals surface area contributed by atoms with Gasteiger partial charge in [0.2, 0.25) is 0 Å². The molecule has 4 nitrogen and oxygen atoms in total. The molecule has 1 amide bonds. The minimum atomic E-state index is 0.108. The lowest BCUT2D eigenvalue weighted by Gasteiger charge is -2.31. The van der Waals surface area contributed by atoms with Crippen LogP contribution in [0.25, 0.3) is 0 Å². The number of hydrogen-bond donors (Lipinski definition) is 1. The van der Waals surface area contributed by atoms with E-state index >= 15 is 0 Å². The van der Waals surface area contributed by atoms with E-state index in [1.807, 2.05) is 54.3 Å². The normalized spacial score (nSPS) is 18.0. The van der Waals surface area contributed by atoms with Crippen LogP contribution < -0.4 is 5.32 Å². The van der Waals surface area contributed by atoms with Crippen LogP contribution in [0.4, 0.5) is 0 Å². The summed E-state index contributed by atoms with van der Waals surface area (Å²) in [5.74, 6) is 0.108. The third-order valence-corrected chi connectivity index (χ3v) is 4.57. The van der Waals surface area contributed by atoms with Gasteiger partial charge in [0.15, 0.2) is 0 Å². The van der Waals surface area contributed by atoms with Crippen LogP contribution in [0.2, 0.25) is 0 Å². The standard InChI is InChI=1S/C20H25N3O/c1-16-6-4-7-17(14-16)20(24)23(15-18-8-2-3-12-22-18)19-9-5-11-21-13-10-19/h2-4,6-8,12,14,19,21H,5,9-11,13,15H2,1H3/t19-/m1/s1. The van der Waals surface area contributed by atoms with Crippen LogP contribution >= 0.6 is 0 Å². The predicted octanol–water partition coefficient (Wildman–Crippen LogP) is 3.17. The topological polar surface area (TPSA) is 45.2 Å². The number of carbonyl (C=O) groups is 1. The number of rotatable bonds is 4. The Morgan fingerprint density at radius 1 is 1.21 bits per heavy atom. The van der Waals surface area contributed by atoms with Gasteiger partial charge in [-0.15, -0.1) is 0 Å². The SMILES string of the molecule is Cc1cccc(C(=O)N(Cc2ccccn2)[C@@H]2CCCNCC2)c1. The molecule has 2 heterocycles. The fourth-order valence-electron chi connectivity index (χ4n) is 3.29. The van der Waals surface area contributed by atoms with Crippen molar-refractivity contribution in [3.05, 3.63) is 65.5 Å². The lowest BCUT2D eigenvalue weighted by atomic mass is 10.0. The van der Waals surface area contributed by atoms with Gasteiger partial charge >= 0.3 is 0 Å². The minimum Gasteiger partial charge on any atom is -0.330 e. The molecular formula is C20H25N3O. The summed E-state index contributed by atoms with van der Waals surface area (Å²) in [5.41, 5.74) is 2.82. The number of carbonyl (C=O) groups excluding carboxylic acids is 1. The first kappa shape index (κ1) is 16.7. The molecule has 1 N–H and O–H groups in total. The van der Waals surface area contributed by atoms with E-state index in [2.05, 4.69) is 10.3 Å². The number of nitrogens with one attached hydrogen (secondary N) is 1. The number of aryl methyl sites for hydroxylation is 1. The Hall–Kier alpha value is -2.20. The van der Waals surface area contributed by atoms with E-state index in [-0.39, 0.29) is 11.9 Å². The molecular weight excluding hydrogens is 298 g/mol. The number of pyridine rings is 1. The van der Waals surface area contributed by atoms with Crippen LogP contribution in [0, 0.1) is 6.92 Å². The molecule has 0 bridgehead atoms. The molecule has 2 aromatic rings. The zero-order valence-corrected chi connectivity index (χ0v) is 14.2. The smallest absolute Gasteiger partial charge is 0.254 e. The van der Waals surface area contributed by atoms with Crippen molar-refractivity contribution in [2.24, 2.45) is 0 Å². The maximum absolute atomic E-state index is 13.2. The molecule has 1 aliphatic rings. The largest absolute Gasteiger partial charge is 0.330 e. The highest BCUT2D eigenvalue weighted by Gasteiger charge is 2.26. The van der Waals surface area contributed by atoms with Crippen LogP contribution in [0.1, 0.15) is 40.9 Å². The first-order valence-electron chi connectivity index (χ1n) is 8.72. The van der Waals surface area contributed by atoms with Crippen LogP contribution in [-0.4, -0.2) is 34.9 Å². The van der Waals surface area contributed by atoms with E-state index in [0.717, 1.165) is 49.2 Å². The zero-order chi connectivity index (χ0) is 16.8. The lowest BCUT2D eigenvalue weighted by Crippen LogP contribution is -2.40. The van der Waals surface area contributed by atoms with Crippen molar-refractivity contribution >= 4 is 5.91 Å². The van der Waals surface area contributed by atoms with Crippen molar-refractivity contribution in [2.45, 2.75) is 38.8 Å². The second kappa shape index (κ2) is 8.06. The lowest BCUT2D eigenvalue weighted by molar-refractivity contribution is 0.0642. The van der Waals surface area contributed by atoms with Gasteiger partial charge in [0.1, 0.15) is 0 Å². The minimum absolute atomic E-state index is 0.108. The second-order valence-electron chi connectivity index (χ2n) is 6.46. The van der Waals surface area contributed by atoms with Gasteiger partial charge in [0, 0.05) is 17.8 Å². The van der Waals surface area contributed by atoms with E-state index in [1.165, 1.54) is 0 Å². The molecule has 0 spiro atoms. The highest BCUT2D eigenvalue weighted by Crippen LogP contribution is 2.20. The fraction of sp³-hybridized carbons (Fsp3) is 0.400. The Morgan fingerprint density at radius 3 is 2.92 bits per heavy atom. The number of amides is 1. The van der Waals surface area contributed by atoms with Gasteiger partial charge < -0.3 is 10.2 Å². The summed E-state index contributed by atoms with van der Waals surface area (Å²) in [6, 6.07) is 14.0. The predicted molar refractivity (Wildman–Crippen MR) is 95.8 cm³/mol. The van der Waals surface area contributed by atoms with E-state index in [1.54, 1.807) is 6.20 Å². The molecule has 0 saturated carbocycles. The van der Waals surface area contributed by atoms with Crippen LogP contribution in [0.15, 0.2) is 48.7 Å². The van der Waals surface area contributed by atoms with Gasteiger partial charge in [-0.05, 0) is 63.5 Å². The van der Waals surface area contributed by atoms with Gasteiger partial charge in [-0.25, -0.2) is 0 Å². The number of nitrogens with zero attached hydrogens (tertiary/aromatic N) is 2. The van der Waals surface area contributed by atoms with Crippen molar-refractivity contribution < 1.29 is 4.79 Å². The Balaban J connectivity index is 1.86. The van der Waals surface area contributed by atoms with Gasteiger partial charge in [-0.2, -0.15) is 0 Å². The summed E-state index contributed by atoms with van der Waals surface area (Å²) in [7, 11) is 0. The first-order valence-corrected chi connectivity index (χ1v) is 8.72. The Bertz CT molecular complexity index is 664. The fourth-order valence-corrected chi connectivity index (χ4v) is 3.29. The average molecular weight is 323 g/mol. The zero-order valence-electron chi connectivity index (χ0n) is 14.2. The maximum atomic E-state index is 13.2. The van der Waals surface area contributed by atoms with Crippen LogP contribution in [0.5, 0.6) is 0 Å². The molecule has 4 heteroatoms. The third-order valence-electron chi connectivity index (χ3n) is 4.57. The van der Waals surface area contributed by atoms with Crippen molar-refractivity contribution in [3.63, 3.8) is 0 Å². The van der Waals surface area contributed by atoms with E-state index < -0.39 is 0 Å². The Kier molecular flexibility index (Phi) is 5.59. The number of benzene rings is 1. The van der Waals surface area contributed by atoms with Gasteiger partial charge in [-0.3, -0.25) is 9.78 Å². The van der Waals surface area contributed by atoms with Crippen molar-refractivity contribution in [3.8, 4) is 0 Å². The molecule has 24 heavy (non-hydrogen) atoms. The summed E-state index contributed by atoms with van der Waals surface area (Å²) in [5, 5.41) is 3.43. The highest BCUT2D eigenvalue weighted by atomic mass is 16.2. The van der Waals surface area contributed by atoms with E-state index in [0.29, 0.717) is 6.54 Å². The maximum Gasteiger partial charge on any atom is 0.254 e. The van der Waals surface area contributed by atoms with Crippen LogP contribution in [0.3, 0.4) is 0 Å². The summed E-state index contributed by atoms with van der Waals surface area (Å²) < 4.78 is 0. The molecule has 1 aromatic heterocycles. The molecule has 0 unspecified atom stereocenters. The number of hydrogen-bond acceptors (Lipinski definition) is 3. The average Bonchev–Trinajstić information content (AvgIpc) is 2.89. The molecule has 0 radical (unpaired) electrons. The van der Waals surface area contributed by atoms with Gasteiger partial charge in [-0.1, -0.05) is 23.8 Å². The second-order valence-corrected chi connectivity index (χ2v) is 6.46. The molecule has 3 rings (SSSR count). The molecule has 1 fully saturated rings. The molecule has 1 aliphatic heterocycles. The van der Waals surface area contributed by atoms with Gasteiger partial charge in [0.25, 0.3) is 5.91 Å². The van der Waals surface area contributed by atoms with Gasteiger partial charge in [0.05, 0.1) is 12.2 Å². The van der Waals surface area contributed by atoms with E-state index in [4.69, 9.17) is 0 Å². The Morgan fingerprint density at radius 2 is 2.12 bits per heavy atom. The number of aromatic nitrogens is 1. The Labute approximate surface area is 143 Å². The summed E-state index contributed by atoms with van der Waals surface area (Å²) in [4.78, 5) is 19.6. The van der Waals surface area contributed by atoms with Crippen molar-refractivity contribution in [1.29, 1.82) is 0 Å². The first-order chi connectivity index (χ1) is 11.7. The summed E-state index contributed by atoms with van der Waals surface area (Å²) in [6.45, 7) is 4.59. The summed E-state index contributed by atoms with van der Waals surface area (Å²) in [6.07, 6.45) is 4.92. The third kappa shape index (κ3) is 4.20. The quantitative estimate of drug-likeness (QED) is 0.940. The molecule has 126 valence electrons. The summed E-state index contributed by atoms with van der Waals surface area (Å²) >= 11 is 0.